The third-order valence-electron chi connectivity index (χ3n) is 4.74. The molecule has 0 amide bonds. The minimum Gasteiger partial charge on any atom is -0.309 e. The summed E-state index contributed by atoms with van der Waals surface area (Å²) in [5.74, 6) is 0. The molecule has 1 N–H and O–H groups in total. The second kappa shape index (κ2) is 4.95. The summed E-state index contributed by atoms with van der Waals surface area (Å²) in [5.41, 5.74) is 1.94. The Kier molecular flexibility index (Phi) is 3.48. The van der Waals surface area contributed by atoms with Crippen LogP contribution in [0.1, 0.15) is 49.6 Å². The summed E-state index contributed by atoms with van der Waals surface area (Å²) in [4.78, 5) is 4.37. The van der Waals surface area contributed by atoms with Gasteiger partial charge in [-0.15, -0.1) is 11.3 Å². The molecule has 100 valence electrons. The predicted octanol–water partition coefficient (Wildman–Crippen LogP) is 3.20. The van der Waals surface area contributed by atoms with E-state index >= 15 is 0 Å². The van der Waals surface area contributed by atoms with Gasteiger partial charge in [0, 0.05) is 36.1 Å². The van der Waals surface area contributed by atoms with E-state index in [1.807, 2.05) is 11.3 Å². The van der Waals surface area contributed by atoms with E-state index in [2.05, 4.69) is 35.5 Å². The van der Waals surface area contributed by atoms with Gasteiger partial charge in [-0.25, -0.2) is 0 Å². The SMILES string of the molecule is CCC1(C)CN(C2CCCc3sccc32)CCN1. The van der Waals surface area contributed by atoms with Crippen LogP contribution >= 0.6 is 11.3 Å². The number of nitrogens with zero attached hydrogens (tertiary/aromatic N) is 1. The standard InChI is InChI=1S/C15H24N2S/c1-3-15(2)11-17(9-8-16-15)13-5-4-6-14-12(13)7-10-18-14/h7,10,13,16H,3-6,8-9,11H2,1-2H3. The third-order valence-corrected chi connectivity index (χ3v) is 5.74. The molecule has 1 aromatic heterocycles. The van der Waals surface area contributed by atoms with E-state index in [0.717, 1.165) is 6.54 Å². The molecule has 2 nitrogen and oxygen atoms in total. The number of aryl methyl sites for hydroxylation is 1. The first-order valence-corrected chi connectivity index (χ1v) is 8.15. The molecule has 2 unspecified atom stereocenters. The van der Waals surface area contributed by atoms with Crippen LogP contribution in [-0.4, -0.2) is 30.1 Å². The summed E-state index contributed by atoms with van der Waals surface area (Å²) in [6.07, 6.45) is 5.24. The molecule has 2 heterocycles. The lowest BCUT2D eigenvalue weighted by molar-refractivity contribution is 0.0892. The molecule has 1 aliphatic carbocycles. The van der Waals surface area contributed by atoms with Crippen molar-refractivity contribution in [3.05, 3.63) is 21.9 Å². The third kappa shape index (κ3) is 2.24. The molecule has 0 saturated carbocycles. The van der Waals surface area contributed by atoms with Crippen molar-refractivity contribution >= 4 is 11.3 Å². The number of thiophene rings is 1. The zero-order valence-corrected chi connectivity index (χ0v) is 12.4. The minimum atomic E-state index is 0.311. The largest absolute Gasteiger partial charge is 0.309 e. The number of rotatable bonds is 2. The molecule has 2 aliphatic rings. The minimum absolute atomic E-state index is 0.311. The topological polar surface area (TPSA) is 15.3 Å². The summed E-state index contributed by atoms with van der Waals surface area (Å²) in [7, 11) is 0. The van der Waals surface area contributed by atoms with Crippen LogP contribution in [0.2, 0.25) is 0 Å². The molecular formula is C15H24N2S. The van der Waals surface area contributed by atoms with Crippen LogP contribution in [0.25, 0.3) is 0 Å². The molecule has 0 radical (unpaired) electrons. The molecule has 0 bridgehead atoms. The Balaban J connectivity index is 1.80. The predicted molar refractivity (Wildman–Crippen MR) is 78.3 cm³/mol. The summed E-state index contributed by atoms with van der Waals surface area (Å²) < 4.78 is 0. The number of piperazine rings is 1. The number of hydrogen-bond acceptors (Lipinski definition) is 3. The van der Waals surface area contributed by atoms with Gasteiger partial charge >= 0.3 is 0 Å². The molecule has 0 spiro atoms. The van der Waals surface area contributed by atoms with Gasteiger partial charge in [0.1, 0.15) is 0 Å². The Bertz CT molecular complexity index is 414. The normalized spacial score (nSPS) is 33.3. The van der Waals surface area contributed by atoms with Gasteiger partial charge in [-0.1, -0.05) is 6.92 Å². The first kappa shape index (κ1) is 12.6. The van der Waals surface area contributed by atoms with E-state index in [-0.39, 0.29) is 0 Å². The molecule has 0 aromatic carbocycles. The molecule has 1 aliphatic heterocycles. The van der Waals surface area contributed by atoms with Crippen molar-refractivity contribution in [3.63, 3.8) is 0 Å². The monoisotopic (exact) mass is 264 g/mol. The van der Waals surface area contributed by atoms with Crippen LogP contribution in [0.5, 0.6) is 0 Å². The molecule has 3 heteroatoms. The molecular weight excluding hydrogens is 240 g/mol. The van der Waals surface area contributed by atoms with Crippen molar-refractivity contribution in [2.75, 3.05) is 19.6 Å². The van der Waals surface area contributed by atoms with Gasteiger partial charge in [-0.3, -0.25) is 4.90 Å². The van der Waals surface area contributed by atoms with Gasteiger partial charge in [0.05, 0.1) is 0 Å². The van der Waals surface area contributed by atoms with Crippen LogP contribution in [-0.2, 0) is 6.42 Å². The van der Waals surface area contributed by atoms with Crippen molar-refractivity contribution in [2.45, 2.75) is 51.1 Å². The zero-order chi connectivity index (χ0) is 12.6. The highest BCUT2D eigenvalue weighted by Crippen LogP contribution is 2.38. The Labute approximate surface area is 114 Å². The maximum absolute atomic E-state index is 3.69. The van der Waals surface area contributed by atoms with Gasteiger partial charge in [-0.2, -0.15) is 0 Å². The fourth-order valence-corrected chi connectivity index (χ4v) is 4.41. The second-order valence-corrected chi connectivity index (χ2v) is 7.02. The van der Waals surface area contributed by atoms with E-state index < -0.39 is 0 Å². The van der Waals surface area contributed by atoms with Crippen molar-refractivity contribution in [3.8, 4) is 0 Å². The summed E-state index contributed by atoms with van der Waals surface area (Å²) in [6, 6.07) is 3.06. The molecule has 1 saturated heterocycles. The summed E-state index contributed by atoms with van der Waals surface area (Å²) in [5, 5.41) is 5.97. The Morgan fingerprint density at radius 2 is 2.44 bits per heavy atom. The Hall–Kier alpha value is -0.380. The van der Waals surface area contributed by atoms with E-state index in [1.54, 1.807) is 10.4 Å². The maximum Gasteiger partial charge on any atom is 0.0360 e. The van der Waals surface area contributed by atoms with Gasteiger partial charge in [0.2, 0.25) is 0 Å². The van der Waals surface area contributed by atoms with Crippen molar-refractivity contribution < 1.29 is 0 Å². The number of nitrogens with one attached hydrogen (secondary N) is 1. The smallest absolute Gasteiger partial charge is 0.0360 e. The number of hydrogen-bond donors (Lipinski definition) is 1. The molecule has 18 heavy (non-hydrogen) atoms. The lowest BCUT2D eigenvalue weighted by Gasteiger charge is -2.45. The van der Waals surface area contributed by atoms with Crippen molar-refractivity contribution in [1.82, 2.24) is 10.2 Å². The molecule has 1 fully saturated rings. The molecule has 1 aromatic rings. The average molecular weight is 264 g/mol. The Morgan fingerprint density at radius 3 is 3.28 bits per heavy atom. The number of fused-ring (bicyclic) bond motifs is 1. The van der Waals surface area contributed by atoms with E-state index in [1.165, 1.54) is 38.8 Å². The molecule has 3 rings (SSSR count). The van der Waals surface area contributed by atoms with Crippen molar-refractivity contribution in [2.24, 2.45) is 0 Å². The highest BCUT2D eigenvalue weighted by atomic mass is 32.1. The molecule has 2 atom stereocenters. The lowest BCUT2D eigenvalue weighted by atomic mass is 9.89. The quantitative estimate of drug-likeness (QED) is 0.882. The van der Waals surface area contributed by atoms with E-state index in [0.29, 0.717) is 11.6 Å². The fourth-order valence-electron chi connectivity index (χ4n) is 3.43. The van der Waals surface area contributed by atoms with Crippen LogP contribution in [0, 0.1) is 0 Å². The lowest BCUT2D eigenvalue weighted by Crippen LogP contribution is -2.59. The summed E-state index contributed by atoms with van der Waals surface area (Å²) in [6.45, 7) is 8.21. The maximum atomic E-state index is 3.69. The van der Waals surface area contributed by atoms with Gasteiger partial charge in [0.15, 0.2) is 0 Å². The van der Waals surface area contributed by atoms with Gasteiger partial charge in [-0.05, 0) is 49.6 Å². The average Bonchev–Trinajstić information content (AvgIpc) is 2.87. The van der Waals surface area contributed by atoms with Crippen LogP contribution in [0.15, 0.2) is 11.4 Å². The summed E-state index contributed by atoms with van der Waals surface area (Å²) >= 11 is 1.96. The van der Waals surface area contributed by atoms with Gasteiger partial charge < -0.3 is 5.32 Å². The first-order valence-electron chi connectivity index (χ1n) is 7.27. The van der Waals surface area contributed by atoms with Gasteiger partial charge in [0.25, 0.3) is 0 Å². The highest BCUT2D eigenvalue weighted by molar-refractivity contribution is 7.10. The van der Waals surface area contributed by atoms with Crippen LogP contribution < -0.4 is 5.32 Å². The van der Waals surface area contributed by atoms with E-state index in [4.69, 9.17) is 0 Å². The highest BCUT2D eigenvalue weighted by Gasteiger charge is 2.34. The first-order chi connectivity index (χ1) is 8.72. The van der Waals surface area contributed by atoms with Crippen LogP contribution in [0.3, 0.4) is 0 Å². The zero-order valence-electron chi connectivity index (χ0n) is 11.5. The van der Waals surface area contributed by atoms with Crippen LogP contribution in [0.4, 0.5) is 0 Å². The Morgan fingerprint density at radius 1 is 1.56 bits per heavy atom. The van der Waals surface area contributed by atoms with E-state index in [9.17, 15) is 0 Å². The van der Waals surface area contributed by atoms with Crippen molar-refractivity contribution in [1.29, 1.82) is 0 Å². The second-order valence-electron chi connectivity index (χ2n) is 6.02. The fraction of sp³-hybridized carbons (Fsp3) is 0.733.